The van der Waals surface area contributed by atoms with Gasteiger partial charge in [-0.25, -0.2) is 9.97 Å². The second-order valence-corrected chi connectivity index (χ2v) is 6.90. The molecule has 2 aromatic rings. The van der Waals surface area contributed by atoms with Crippen molar-refractivity contribution in [1.82, 2.24) is 24.8 Å². The van der Waals surface area contributed by atoms with Crippen molar-refractivity contribution in [2.45, 2.75) is 52.0 Å². The van der Waals surface area contributed by atoms with Crippen molar-refractivity contribution >= 4 is 35.0 Å². The van der Waals surface area contributed by atoms with Crippen LogP contribution < -0.4 is 11.1 Å². The predicted molar refractivity (Wildman–Crippen MR) is 103 cm³/mol. The first-order valence-corrected chi connectivity index (χ1v) is 9.44. The first-order valence-electron chi connectivity index (χ1n) is 9.44. The van der Waals surface area contributed by atoms with E-state index in [-0.39, 0.29) is 18.5 Å². The highest BCUT2D eigenvalue weighted by Crippen LogP contribution is 2.33. The standard InChI is InChI=1S/C18H24N6O6/c1-9(25)20-5-4-12-16-17(23-18(19)22-12)24(8-21-16)15-6-13(29-11(3)27)14(30-15)7-28-10(2)26/h8,13-15H,4-7H2,1-3H3,(H,20,25)(H2,19,22,23). The lowest BCUT2D eigenvalue weighted by Gasteiger charge is -2.17. The molecule has 3 rings (SSSR count). The molecule has 1 aliphatic heterocycles. The molecule has 3 N–H and O–H groups in total. The van der Waals surface area contributed by atoms with Crippen molar-refractivity contribution in [3.63, 3.8) is 0 Å². The fourth-order valence-corrected chi connectivity index (χ4v) is 3.29. The van der Waals surface area contributed by atoms with E-state index in [1.165, 1.54) is 20.8 Å². The first-order chi connectivity index (χ1) is 14.2. The molecule has 12 heteroatoms. The monoisotopic (exact) mass is 420 g/mol. The average Bonchev–Trinajstić information content (AvgIpc) is 3.22. The molecule has 1 aliphatic rings. The van der Waals surface area contributed by atoms with Crippen LogP contribution in [0.5, 0.6) is 0 Å². The minimum Gasteiger partial charge on any atom is -0.463 e. The van der Waals surface area contributed by atoms with Crippen LogP contribution in [0.4, 0.5) is 5.95 Å². The zero-order valence-electron chi connectivity index (χ0n) is 17.0. The van der Waals surface area contributed by atoms with Gasteiger partial charge in [-0.15, -0.1) is 0 Å². The lowest BCUT2D eigenvalue weighted by molar-refractivity contribution is -0.155. The molecule has 0 radical (unpaired) electrons. The van der Waals surface area contributed by atoms with Crippen LogP contribution in [0.3, 0.4) is 0 Å². The van der Waals surface area contributed by atoms with Crippen molar-refractivity contribution in [3.8, 4) is 0 Å². The van der Waals surface area contributed by atoms with Gasteiger partial charge in [0.2, 0.25) is 11.9 Å². The summed E-state index contributed by atoms with van der Waals surface area (Å²) in [5.41, 5.74) is 7.45. The fourth-order valence-electron chi connectivity index (χ4n) is 3.29. The number of ether oxygens (including phenoxy) is 3. The maximum Gasteiger partial charge on any atom is 0.303 e. The number of imidazole rings is 1. The maximum atomic E-state index is 11.5. The van der Waals surface area contributed by atoms with Gasteiger partial charge < -0.3 is 25.3 Å². The Kier molecular flexibility index (Phi) is 6.45. The summed E-state index contributed by atoms with van der Waals surface area (Å²) in [6.07, 6.45) is 0.516. The summed E-state index contributed by atoms with van der Waals surface area (Å²) in [6.45, 7) is 4.36. The van der Waals surface area contributed by atoms with E-state index in [0.29, 0.717) is 36.2 Å². The summed E-state index contributed by atoms with van der Waals surface area (Å²) in [5, 5.41) is 2.70. The zero-order valence-corrected chi connectivity index (χ0v) is 17.0. The van der Waals surface area contributed by atoms with E-state index < -0.39 is 30.4 Å². The Labute approximate surface area is 172 Å². The van der Waals surface area contributed by atoms with Gasteiger partial charge in [0.15, 0.2) is 5.65 Å². The van der Waals surface area contributed by atoms with E-state index in [1.54, 1.807) is 10.9 Å². The van der Waals surface area contributed by atoms with Crippen LogP contribution >= 0.6 is 0 Å². The molecule has 162 valence electrons. The SMILES string of the molecule is CC(=O)NCCc1nc(N)nc2c1ncn2C1CC(OC(C)=O)C(COC(C)=O)O1. The van der Waals surface area contributed by atoms with Gasteiger partial charge in [-0.2, -0.15) is 4.98 Å². The minimum absolute atomic E-state index is 0.0461. The van der Waals surface area contributed by atoms with Crippen LogP contribution in [-0.2, 0) is 35.0 Å². The number of nitrogens with two attached hydrogens (primary N) is 1. The highest BCUT2D eigenvalue weighted by molar-refractivity contribution is 5.75. The molecule has 1 amide bonds. The molecule has 0 aromatic carbocycles. The van der Waals surface area contributed by atoms with Crippen molar-refractivity contribution in [2.24, 2.45) is 0 Å². The van der Waals surface area contributed by atoms with E-state index in [9.17, 15) is 14.4 Å². The number of anilines is 1. The quantitative estimate of drug-likeness (QED) is 0.577. The smallest absolute Gasteiger partial charge is 0.303 e. The molecule has 0 saturated carbocycles. The number of hydrogen-bond donors (Lipinski definition) is 2. The number of nitrogens with zero attached hydrogens (tertiary/aromatic N) is 4. The van der Waals surface area contributed by atoms with Crippen LogP contribution in [0.15, 0.2) is 6.33 Å². The molecule has 1 fully saturated rings. The number of carbonyl (C=O) groups is 3. The van der Waals surface area contributed by atoms with E-state index in [1.807, 2.05) is 0 Å². The van der Waals surface area contributed by atoms with Gasteiger partial charge in [0, 0.05) is 40.2 Å². The van der Waals surface area contributed by atoms with Crippen LogP contribution in [0.1, 0.15) is 39.1 Å². The second kappa shape index (κ2) is 9.03. The Balaban J connectivity index is 1.84. The molecule has 3 unspecified atom stereocenters. The fraction of sp³-hybridized carbons (Fsp3) is 0.556. The van der Waals surface area contributed by atoms with Crippen molar-refractivity contribution < 1.29 is 28.6 Å². The number of nitrogen functional groups attached to an aromatic ring is 1. The number of amides is 1. The largest absolute Gasteiger partial charge is 0.463 e. The lowest BCUT2D eigenvalue weighted by Crippen LogP contribution is -2.31. The Morgan fingerprint density at radius 2 is 2.03 bits per heavy atom. The number of hydrogen-bond acceptors (Lipinski definition) is 10. The third-order valence-corrected chi connectivity index (χ3v) is 4.51. The number of nitrogens with one attached hydrogen (secondary N) is 1. The molecule has 2 aromatic heterocycles. The topological polar surface area (TPSA) is 161 Å². The Bertz CT molecular complexity index is 960. The molecule has 0 spiro atoms. The summed E-state index contributed by atoms with van der Waals surface area (Å²) < 4.78 is 18.0. The maximum absolute atomic E-state index is 11.5. The van der Waals surface area contributed by atoms with Crippen molar-refractivity contribution in [3.05, 3.63) is 12.0 Å². The highest BCUT2D eigenvalue weighted by atomic mass is 16.6. The summed E-state index contributed by atoms with van der Waals surface area (Å²) >= 11 is 0. The third kappa shape index (κ3) is 5.00. The van der Waals surface area contributed by atoms with Gasteiger partial charge in [-0.05, 0) is 0 Å². The molecule has 3 heterocycles. The lowest BCUT2D eigenvalue weighted by atomic mass is 10.2. The number of aromatic nitrogens is 4. The summed E-state index contributed by atoms with van der Waals surface area (Å²) in [7, 11) is 0. The molecule has 0 bridgehead atoms. The van der Waals surface area contributed by atoms with E-state index in [0.717, 1.165) is 0 Å². The van der Waals surface area contributed by atoms with Gasteiger partial charge >= 0.3 is 11.9 Å². The predicted octanol–water partition coefficient (Wildman–Crippen LogP) is -0.131. The molecule has 3 atom stereocenters. The van der Waals surface area contributed by atoms with E-state index >= 15 is 0 Å². The van der Waals surface area contributed by atoms with Crippen LogP contribution in [0.25, 0.3) is 11.2 Å². The summed E-state index contributed by atoms with van der Waals surface area (Å²) in [4.78, 5) is 46.6. The third-order valence-electron chi connectivity index (χ3n) is 4.51. The van der Waals surface area contributed by atoms with Crippen molar-refractivity contribution in [2.75, 3.05) is 18.9 Å². The van der Waals surface area contributed by atoms with Gasteiger partial charge in [0.25, 0.3) is 0 Å². The second-order valence-electron chi connectivity index (χ2n) is 6.90. The first kappa shape index (κ1) is 21.4. The average molecular weight is 420 g/mol. The summed E-state index contributed by atoms with van der Waals surface area (Å²) in [6, 6.07) is 0. The van der Waals surface area contributed by atoms with E-state index in [4.69, 9.17) is 19.9 Å². The molecule has 12 nitrogen and oxygen atoms in total. The number of fused-ring (bicyclic) bond motifs is 1. The van der Waals surface area contributed by atoms with Crippen LogP contribution in [0.2, 0.25) is 0 Å². The Hall–Kier alpha value is -3.28. The van der Waals surface area contributed by atoms with Crippen LogP contribution in [0, 0.1) is 0 Å². The van der Waals surface area contributed by atoms with Gasteiger partial charge in [-0.1, -0.05) is 0 Å². The number of esters is 2. The van der Waals surface area contributed by atoms with Gasteiger partial charge in [0.05, 0.1) is 12.0 Å². The van der Waals surface area contributed by atoms with E-state index in [2.05, 4.69) is 20.3 Å². The van der Waals surface area contributed by atoms with Crippen molar-refractivity contribution in [1.29, 1.82) is 0 Å². The molecule has 0 aliphatic carbocycles. The molecular weight excluding hydrogens is 396 g/mol. The summed E-state index contributed by atoms with van der Waals surface area (Å²) in [5.74, 6) is -0.998. The molecular formula is C18H24N6O6. The normalized spacial score (nSPS) is 20.8. The Morgan fingerprint density at radius 1 is 1.27 bits per heavy atom. The molecule has 1 saturated heterocycles. The van der Waals surface area contributed by atoms with Gasteiger partial charge in [-0.3, -0.25) is 19.0 Å². The Morgan fingerprint density at radius 3 is 2.70 bits per heavy atom. The molecule has 30 heavy (non-hydrogen) atoms. The minimum atomic E-state index is -0.626. The zero-order chi connectivity index (χ0) is 21.8. The van der Waals surface area contributed by atoms with Gasteiger partial charge in [0.1, 0.15) is 30.6 Å². The van der Waals surface area contributed by atoms with Crippen LogP contribution in [-0.4, -0.2) is 62.7 Å². The number of carbonyl (C=O) groups excluding carboxylic acids is 3. The highest BCUT2D eigenvalue weighted by Gasteiger charge is 2.40. The number of rotatable bonds is 7.